The summed E-state index contributed by atoms with van der Waals surface area (Å²) in [6, 6.07) is 9.12. The Hall–Kier alpha value is -0.860. The van der Waals surface area contributed by atoms with E-state index >= 15 is 0 Å². The molecule has 1 fully saturated rings. The monoisotopic (exact) mass is 175 g/mol. The molecule has 1 heterocycles. The van der Waals surface area contributed by atoms with E-state index in [-0.39, 0.29) is 0 Å². The molecule has 1 aromatic carbocycles. The zero-order valence-corrected chi connectivity index (χ0v) is 7.49. The van der Waals surface area contributed by atoms with Crippen LogP contribution in [0.25, 0.3) is 0 Å². The number of hydrogen-bond donors (Lipinski definition) is 1. The van der Waals surface area contributed by atoms with Crippen molar-refractivity contribution in [1.29, 1.82) is 0 Å². The van der Waals surface area contributed by atoms with Crippen molar-refractivity contribution >= 4 is 0 Å². The molecule has 0 bridgehead atoms. The van der Waals surface area contributed by atoms with Crippen molar-refractivity contribution in [3.05, 3.63) is 35.4 Å². The predicted molar refractivity (Wildman–Crippen MR) is 50.6 cm³/mol. The number of rotatable bonds is 0. The van der Waals surface area contributed by atoms with Gasteiger partial charge in [-0.05, 0) is 17.5 Å². The quantitative estimate of drug-likeness (QED) is 0.641. The predicted octanol–water partition coefficient (Wildman–Crippen LogP) is 1.27. The van der Waals surface area contributed by atoms with E-state index in [4.69, 9.17) is 4.74 Å². The van der Waals surface area contributed by atoms with Crippen LogP contribution in [0, 0.1) is 0 Å². The molecule has 1 N–H and O–H groups in total. The number of nitrogens with one attached hydrogen (secondary N) is 1. The second-order valence-electron chi connectivity index (χ2n) is 3.75. The molecule has 0 spiro atoms. The van der Waals surface area contributed by atoms with Gasteiger partial charge < -0.3 is 10.1 Å². The van der Waals surface area contributed by atoms with Gasteiger partial charge in [0.2, 0.25) is 0 Å². The van der Waals surface area contributed by atoms with Gasteiger partial charge in [0.1, 0.15) is 0 Å². The number of benzene rings is 1. The van der Waals surface area contributed by atoms with Gasteiger partial charge in [-0.2, -0.15) is 0 Å². The molecule has 2 aliphatic rings. The first-order valence-corrected chi connectivity index (χ1v) is 4.88. The zero-order valence-electron chi connectivity index (χ0n) is 7.49. The third-order valence-electron chi connectivity index (χ3n) is 2.97. The summed E-state index contributed by atoms with van der Waals surface area (Å²) < 4.78 is 5.77. The van der Waals surface area contributed by atoms with Crippen molar-refractivity contribution < 1.29 is 4.74 Å². The Morgan fingerprint density at radius 2 is 2.23 bits per heavy atom. The first kappa shape index (κ1) is 7.54. The molecule has 1 aliphatic carbocycles. The van der Waals surface area contributed by atoms with Crippen LogP contribution in [0.1, 0.15) is 17.2 Å². The van der Waals surface area contributed by atoms with Crippen molar-refractivity contribution in [1.82, 2.24) is 5.32 Å². The Kier molecular flexibility index (Phi) is 1.64. The van der Waals surface area contributed by atoms with E-state index in [9.17, 15) is 0 Å². The molecule has 1 saturated heterocycles. The number of fused-ring (bicyclic) bond motifs is 3. The summed E-state index contributed by atoms with van der Waals surface area (Å²) in [7, 11) is 0. The van der Waals surface area contributed by atoms with Gasteiger partial charge in [-0.15, -0.1) is 0 Å². The third-order valence-corrected chi connectivity index (χ3v) is 2.97. The largest absolute Gasteiger partial charge is 0.371 e. The molecule has 3 rings (SSSR count). The van der Waals surface area contributed by atoms with Crippen LogP contribution >= 0.6 is 0 Å². The molecule has 0 saturated carbocycles. The number of hydrogen-bond acceptors (Lipinski definition) is 2. The van der Waals surface area contributed by atoms with Crippen molar-refractivity contribution in [2.75, 3.05) is 13.2 Å². The lowest BCUT2D eigenvalue weighted by molar-refractivity contribution is 0.00358. The molecule has 2 heteroatoms. The van der Waals surface area contributed by atoms with E-state index in [1.807, 2.05) is 0 Å². The summed E-state index contributed by atoms with van der Waals surface area (Å²) >= 11 is 0. The normalized spacial score (nSPS) is 31.1. The standard InChI is InChI=1S/C11H13NO/c1-2-4-9-8(3-1)7-10-11(9)13-6-5-12-10/h1-4,10-12H,5-7H2/t10-,11+/m1/s1. The topological polar surface area (TPSA) is 21.3 Å². The third kappa shape index (κ3) is 1.10. The molecular formula is C11H13NO. The molecule has 68 valence electrons. The van der Waals surface area contributed by atoms with E-state index in [1.165, 1.54) is 11.1 Å². The Morgan fingerprint density at radius 1 is 1.31 bits per heavy atom. The highest BCUT2D eigenvalue weighted by Gasteiger charge is 2.34. The van der Waals surface area contributed by atoms with Gasteiger partial charge in [-0.25, -0.2) is 0 Å². The maximum atomic E-state index is 5.77. The van der Waals surface area contributed by atoms with Crippen LogP contribution in [-0.2, 0) is 11.2 Å². The van der Waals surface area contributed by atoms with E-state index in [0.29, 0.717) is 12.1 Å². The summed E-state index contributed by atoms with van der Waals surface area (Å²) in [6.45, 7) is 1.84. The van der Waals surface area contributed by atoms with Gasteiger partial charge in [0.15, 0.2) is 0 Å². The van der Waals surface area contributed by atoms with Gasteiger partial charge in [0.25, 0.3) is 0 Å². The van der Waals surface area contributed by atoms with E-state index in [2.05, 4.69) is 29.6 Å². The van der Waals surface area contributed by atoms with E-state index in [1.54, 1.807) is 0 Å². The van der Waals surface area contributed by atoms with Crippen LogP contribution in [0.2, 0.25) is 0 Å². The lowest BCUT2D eigenvalue weighted by Gasteiger charge is -2.27. The minimum Gasteiger partial charge on any atom is -0.371 e. The van der Waals surface area contributed by atoms with Crippen LogP contribution < -0.4 is 5.32 Å². The molecule has 0 amide bonds. The van der Waals surface area contributed by atoms with Crippen LogP contribution in [0.3, 0.4) is 0 Å². The molecule has 0 aromatic heterocycles. The molecule has 13 heavy (non-hydrogen) atoms. The summed E-state index contributed by atoms with van der Waals surface area (Å²) in [5.41, 5.74) is 2.84. The van der Waals surface area contributed by atoms with E-state index < -0.39 is 0 Å². The first-order valence-electron chi connectivity index (χ1n) is 4.88. The maximum absolute atomic E-state index is 5.77. The second kappa shape index (κ2) is 2.82. The average molecular weight is 175 g/mol. The lowest BCUT2D eigenvalue weighted by Crippen LogP contribution is -2.41. The van der Waals surface area contributed by atoms with Crippen molar-refractivity contribution in [3.8, 4) is 0 Å². The summed E-state index contributed by atoms with van der Waals surface area (Å²) in [4.78, 5) is 0. The Balaban J connectivity index is 2.01. The molecule has 1 aliphatic heterocycles. The highest BCUT2D eigenvalue weighted by molar-refractivity contribution is 5.36. The van der Waals surface area contributed by atoms with Gasteiger partial charge >= 0.3 is 0 Å². The average Bonchev–Trinajstić information content (AvgIpc) is 2.56. The Morgan fingerprint density at radius 3 is 3.23 bits per heavy atom. The molecule has 0 unspecified atom stereocenters. The SMILES string of the molecule is c1ccc2c(c1)C[C@H]1NCCO[C@@H]21. The Labute approximate surface area is 77.9 Å². The lowest BCUT2D eigenvalue weighted by atomic mass is 10.1. The minimum absolute atomic E-state index is 0.310. The van der Waals surface area contributed by atoms with Crippen LogP contribution in [-0.4, -0.2) is 19.2 Å². The Bertz CT molecular complexity index is 324. The zero-order chi connectivity index (χ0) is 8.67. The molecular weight excluding hydrogens is 162 g/mol. The molecule has 0 radical (unpaired) electrons. The van der Waals surface area contributed by atoms with Crippen LogP contribution in [0.4, 0.5) is 0 Å². The summed E-state index contributed by atoms with van der Waals surface area (Å²) in [5.74, 6) is 0. The molecule has 2 nitrogen and oxygen atoms in total. The fraction of sp³-hybridized carbons (Fsp3) is 0.455. The van der Waals surface area contributed by atoms with Gasteiger partial charge in [-0.1, -0.05) is 24.3 Å². The van der Waals surface area contributed by atoms with Gasteiger partial charge in [0, 0.05) is 12.6 Å². The number of morpholine rings is 1. The number of ether oxygens (including phenoxy) is 1. The second-order valence-corrected chi connectivity index (χ2v) is 3.75. The minimum atomic E-state index is 0.310. The summed E-state index contributed by atoms with van der Waals surface area (Å²) in [5, 5.41) is 3.50. The van der Waals surface area contributed by atoms with Crippen molar-refractivity contribution in [3.63, 3.8) is 0 Å². The van der Waals surface area contributed by atoms with Gasteiger partial charge in [0.05, 0.1) is 12.7 Å². The van der Waals surface area contributed by atoms with Crippen LogP contribution in [0.15, 0.2) is 24.3 Å². The fourth-order valence-corrected chi connectivity index (χ4v) is 2.37. The fourth-order valence-electron chi connectivity index (χ4n) is 2.37. The van der Waals surface area contributed by atoms with Crippen molar-refractivity contribution in [2.45, 2.75) is 18.6 Å². The first-order chi connectivity index (χ1) is 6.45. The van der Waals surface area contributed by atoms with E-state index in [0.717, 1.165) is 19.6 Å². The summed E-state index contributed by atoms with van der Waals surface area (Å²) in [6.07, 6.45) is 1.44. The highest BCUT2D eigenvalue weighted by Crippen LogP contribution is 2.35. The maximum Gasteiger partial charge on any atom is 0.0984 e. The van der Waals surface area contributed by atoms with Gasteiger partial charge in [-0.3, -0.25) is 0 Å². The van der Waals surface area contributed by atoms with Crippen LogP contribution in [0.5, 0.6) is 0 Å². The smallest absolute Gasteiger partial charge is 0.0984 e. The highest BCUT2D eigenvalue weighted by atomic mass is 16.5. The molecule has 1 aromatic rings. The van der Waals surface area contributed by atoms with Crippen molar-refractivity contribution in [2.24, 2.45) is 0 Å². The molecule has 2 atom stereocenters.